The van der Waals surface area contributed by atoms with Gasteiger partial charge in [-0.05, 0) is 18.8 Å². The van der Waals surface area contributed by atoms with Crippen LogP contribution < -0.4 is 0 Å². The van der Waals surface area contributed by atoms with Gasteiger partial charge in [-0.3, -0.25) is 0 Å². The van der Waals surface area contributed by atoms with E-state index in [0.717, 1.165) is 24.2 Å². The molecule has 0 saturated carbocycles. The lowest BCUT2D eigenvalue weighted by Gasteiger charge is -2.04. The molecule has 1 aromatic heterocycles. The Morgan fingerprint density at radius 3 is 2.94 bits per heavy atom. The molecule has 1 N–H and O–H groups in total. The Morgan fingerprint density at radius 2 is 2.38 bits per heavy atom. The average molecular weight is 243 g/mol. The van der Waals surface area contributed by atoms with Crippen LogP contribution in [-0.4, -0.2) is 22.7 Å². The van der Waals surface area contributed by atoms with Crippen molar-refractivity contribution in [3.8, 4) is 0 Å². The van der Waals surface area contributed by atoms with Gasteiger partial charge < -0.3 is 9.84 Å². The van der Waals surface area contributed by atoms with E-state index in [-0.39, 0.29) is 5.01 Å². The minimum absolute atomic E-state index is 0.126. The van der Waals surface area contributed by atoms with E-state index >= 15 is 0 Å². The predicted molar refractivity (Wildman–Crippen MR) is 62.8 cm³/mol. The molecule has 0 aliphatic carbocycles. The number of carbonyl (C=O) groups is 1. The maximum atomic E-state index is 10.6. The Morgan fingerprint density at radius 1 is 1.62 bits per heavy atom. The second-order valence-corrected chi connectivity index (χ2v) is 4.90. The molecular weight excluding hydrogens is 226 g/mol. The van der Waals surface area contributed by atoms with Crippen molar-refractivity contribution in [2.75, 3.05) is 6.61 Å². The first kappa shape index (κ1) is 13.1. The van der Waals surface area contributed by atoms with Gasteiger partial charge in [0.25, 0.3) is 0 Å². The number of nitrogens with zero attached hydrogens (tertiary/aromatic N) is 1. The summed E-state index contributed by atoms with van der Waals surface area (Å²) in [6.07, 6.45) is 2.19. The van der Waals surface area contributed by atoms with Gasteiger partial charge in [0, 0.05) is 12.0 Å². The summed E-state index contributed by atoms with van der Waals surface area (Å²) in [5.41, 5.74) is 0.701. The van der Waals surface area contributed by atoms with Gasteiger partial charge in [-0.1, -0.05) is 13.8 Å². The van der Waals surface area contributed by atoms with E-state index in [1.54, 1.807) is 5.38 Å². The minimum Gasteiger partial charge on any atom is -0.476 e. The summed E-state index contributed by atoms with van der Waals surface area (Å²) in [6, 6.07) is 0. The van der Waals surface area contributed by atoms with Crippen LogP contribution in [0, 0.1) is 5.92 Å². The fourth-order valence-electron chi connectivity index (χ4n) is 1.24. The van der Waals surface area contributed by atoms with E-state index in [4.69, 9.17) is 9.84 Å². The zero-order valence-corrected chi connectivity index (χ0v) is 10.4. The zero-order chi connectivity index (χ0) is 12.0. The second kappa shape index (κ2) is 6.60. The molecule has 5 heteroatoms. The highest BCUT2D eigenvalue weighted by molar-refractivity contribution is 7.11. The lowest BCUT2D eigenvalue weighted by atomic mass is 10.1. The molecule has 0 aliphatic rings. The molecule has 0 fully saturated rings. The monoisotopic (exact) mass is 243 g/mol. The van der Waals surface area contributed by atoms with E-state index in [2.05, 4.69) is 18.8 Å². The Labute approximate surface area is 99.3 Å². The zero-order valence-electron chi connectivity index (χ0n) is 9.60. The summed E-state index contributed by atoms with van der Waals surface area (Å²) in [4.78, 5) is 14.5. The van der Waals surface area contributed by atoms with Gasteiger partial charge in [0.2, 0.25) is 5.01 Å². The number of hydrogen-bond donors (Lipinski definition) is 1. The van der Waals surface area contributed by atoms with Crippen LogP contribution >= 0.6 is 11.3 Å². The third-order valence-corrected chi connectivity index (χ3v) is 2.93. The quantitative estimate of drug-likeness (QED) is 0.748. The Hall–Kier alpha value is -0.940. The van der Waals surface area contributed by atoms with Crippen LogP contribution in [0.15, 0.2) is 5.38 Å². The third kappa shape index (κ3) is 4.72. The molecule has 90 valence electrons. The van der Waals surface area contributed by atoms with E-state index in [1.165, 1.54) is 0 Å². The van der Waals surface area contributed by atoms with Crippen molar-refractivity contribution >= 4 is 17.3 Å². The first-order chi connectivity index (χ1) is 7.59. The van der Waals surface area contributed by atoms with Crippen LogP contribution in [0.5, 0.6) is 0 Å². The van der Waals surface area contributed by atoms with Crippen molar-refractivity contribution in [2.45, 2.75) is 33.3 Å². The number of rotatable bonds is 7. The van der Waals surface area contributed by atoms with Gasteiger partial charge in [0.15, 0.2) is 0 Å². The number of aromatic nitrogens is 1. The summed E-state index contributed by atoms with van der Waals surface area (Å²) < 4.78 is 5.41. The molecule has 1 aromatic rings. The molecule has 16 heavy (non-hydrogen) atoms. The van der Waals surface area contributed by atoms with E-state index < -0.39 is 5.97 Å². The van der Waals surface area contributed by atoms with Crippen molar-refractivity contribution in [1.29, 1.82) is 0 Å². The standard InChI is InChI=1S/C11H17NO3S/c1-8(2)4-3-5-15-6-9-7-16-10(12-9)11(13)14/h7-8H,3-6H2,1-2H3,(H,13,14). The van der Waals surface area contributed by atoms with Gasteiger partial charge in [0.05, 0.1) is 12.3 Å². The lowest BCUT2D eigenvalue weighted by molar-refractivity contribution is 0.0695. The van der Waals surface area contributed by atoms with E-state index in [1.807, 2.05) is 0 Å². The number of carboxylic acid groups (broad SMARTS) is 1. The van der Waals surface area contributed by atoms with Crippen molar-refractivity contribution in [1.82, 2.24) is 4.98 Å². The highest BCUT2D eigenvalue weighted by atomic mass is 32.1. The molecule has 0 unspecified atom stereocenters. The molecule has 0 saturated heterocycles. The van der Waals surface area contributed by atoms with Crippen LogP contribution in [-0.2, 0) is 11.3 Å². The highest BCUT2D eigenvalue weighted by Gasteiger charge is 2.08. The first-order valence-corrected chi connectivity index (χ1v) is 6.23. The second-order valence-electron chi connectivity index (χ2n) is 4.04. The number of aromatic carboxylic acids is 1. The summed E-state index contributed by atoms with van der Waals surface area (Å²) >= 11 is 1.14. The fraction of sp³-hybridized carbons (Fsp3) is 0.636. The number of ether oxygens (including phenoxy) is 1. The number of hydrogen-bond acceptors (Lipinski definition) is 4. The molecule has 1 rings (SSSR count). The van der Waals surface area contributed by atoms with Gasteiger partial charge in [0.1, 0.15) is 0 Å². The van der Waals surface area contributed by atoms with Crippen molar-refractivity contribution < 1.29 is 14.6 Å². The smallest absolute Gasteiger partial charge is 0.365 e. The fourth-order valence-corrected chi connectivity index (χ4v) is 1.88. The van der Waals surface area contributed by atoms with Crippen molar-refractivity contribution in [3.63, 3.8) is 0 Å². The first-order valence-electron chi connectivity index (χ1n) is 5.35. The minimum atomic E-state index is -0.976. The summed E-state index contributed by atoms with van der Waals surface area (Å²) in [6.45, 7) is 5.47. The van der Waals surface area contributed by atoms with Gasteiger partial charge in [-0.25, -0.2) is 9.78 Å². The molecule has 1 heterocycles. The summed E-state index contributed by atoms with van der Waals surface area (Å²) in [5, 5.41) is 10.5. The van der Waals surface area contributed by atoms with Crippen LogP contribution in [0.3, 0.4) is 0 Å². The van der Waals surface area contributed by atoms with E-state index in [9.17, 15) is 4.79 Å². The molecule has 0 aromatic carbocycles. The van der Waals surface area contributed by atoms with Crippen molar-refractivity contribution in [2.24, 2.45) is 5.92 Å². The normalized spacial score (nSPS) is 10.9. The molecule has 0 amide bonds. The van der Waals surface area contributed by atoms with Crippen molar-refractivity contribution in [3.05, 3.63) is 16.1 Å². The lowest BCUT2D eigenvalue weighted by Crippen LogP contribution is -1.99. The van der Waals surface area contributed by atoms with Crippen LogP contribution in [0.4, 0.5) is 0 Å². The topological polar surface area (TPSA) is 59.4 Å². The molecular formula is C11H17NO3S. The molecule has 0 spiro atoms. The Bertz CT molecular complexity index is 336. The molecule has 0 atom stereocenters. The highest BCUT2D eigenvalue weighted by Crippen LogP contribution is 2.11. The molecule has 4 nitrogen and oxygen atoms in total. The van der Waals surface area contributed by atoms with Gasteiger partial charge in [-0.2, -0.15) is 0 Å². The summed E-state index contributed by atoms with van der Waals surface area (Å²) in [7, 11) is 0. The number of carboxylic acids is 1. The molecule has 0 bridgehead atoms. The van der Waals surface area contributed by atoms with Gasteiger partial charge in [-0.15, -0.1) is 11.3 Å². The molecule has 0 radical (unpaired) electrons. The van der Waals surface area contributed by atoms with Gasteiger partial charge >= 0.3 is 5.97 Å². The number of thiazole rings is 1. The Balaban J connectivity index is 2.19. The third-order valence-electron chi connectivity index (χ3n) is 2.05. The largest absolute Gasteiger partial charge is 0.476 e. The van der Waals surface area contributed by atoms with Crippen LogP contribution in [0.2, 0.25) is 0 Å². The average Bonchev–Trinajstić information content (AvgIpc) is 2.65. The SMILES string of the molecule is CC(C)CCCOCc1csc(C(=O)O)n1. The van der Waals surface area contributed by atoms with Crippen LogP contribution in [0.25, 0.3) is 0 Å². The van der Waals surface area contributed by atoms with Crippen LogP contribution in [0.1, 0.15) is 42.2 Å². The molecule has 0 aliphatic heterocycles. The maximum Gasteiger partial charge on any atom is 0.365 e. The summed E-state index contributed by atoms with van der Waals surface area (Å²) in [5.74, 6) is -0.280. The maximum absolute atomic E-state index is 10.6. The predicted octanol–water partition coefficient (Wildman–Crippen LogP) is 2.79. The Kier molecular flexibility index (Phi) is 5.42. The van der Waals surface area contributed by atoms with E-state index in [0.29, 0.717) is 24.8 Å².